The maximum atomic E-state index is 14.9. The molecule has 1 fully saturated rings. The van der Waals surface area contributed by atoms with Crippen molar-refractivity contribution in [1.82, 2.24) is 15.3 Å². The van der Waals surface area contributed by atoms with E-state index >= 15 is 0 Å². The lowest BCUT2D eigenvalue weighted by molar-refractivity contribution is 0.254. The summed E-state index contributed by atoms with van der Waals surface area (Å²) in [6.07, 6.45) is 1.01. The van der Waals surface area contributed by atoms with Gasteiger partial charge in [-0.05, 0) is 41.0 Å². The van der Waals surface area contributed by atoms with Crippen LogP contribution in [0, 0.1) is 11.6 Å². The second-order valence-corrected chi connectivity index (χ2v) is 10.7. The number of piperidine rings is 1. The number of hydrogen-bond donors (Lipinski definition) is 3. The second-order valence-electron chi connectivity index (χ2n) is 8.96. The molecule has 1 saturated heterocycles. The van der Waals surface area contributed by atoms with Gasteiger partial charge < -0.3 is 10.6 Å². The standard InChI is InChI=1S/C26H24F3N5O2S/c27-20-11-21(14-30-13-20)32-26-31-12-19-8-17(6-7-24(19)33-26)18-9-22(28)25(23(29)10-18)34-37(35,36)15-16-4-2-1-3-5-16/h1-10,12,20-21,30,34H,11,13-15H2,(H,31,32,33)/t20-,21?/m0/s1. The normalized spacial score (nSPS) is 18.0. The smallest absolute Gasteiger partial charge is 0.237 e. The number of aromatic nitrogens is 2. The number of hydrogen-bond acceptors (Lipinski definition) is 6. The van der Waals surface area contributed by atoms with E-state index in [0.717, 1.165) is 12.1 Å². The highest BCUT2D eigenvalue weighted by molar-refractivity contribution is 7.91. The van der Waals surface area contributed by atoms with Gasteiger partial charge in [0.05, 0.1) is 11.3 Å². The van der Waals surface area contributed by atoms with Gasteiger partial charge in [-0.2, -0.15) is 0 Å². The summed E-state index contributed by atoms with van der Waals surface area (Å²) in [7, 11) is -4.03. The molecule has 37 heavy (non-hydrogen) atoms. The average Bonchev–Trinajstić information content (AvgIpc) is 2.86. The minimum Gasteiger partial charge on any atom is -0.350 e. The molecule has 192 valence electrons. The topological polar surface area (TPSA) is 96.0 Å². The number of nitrogens with zero attached hydrogens (tertiary/aromatic N) is 2. The van der Waals surface area contributed by atoms with E-state index < -0.39 is 39.3 Å². The third-order valence-corrected chi connectivity index (χ3v) is 7.27. The van der Waals surface area contributed by atoms with Crippen molar-refractivity contribution < 1.29 is 21.6 Å². The Balaban J connectivity index is 1.35. The zero-order valence-corrected chi connectivity index (χ0v) is 20.4. The van der Waals surface area contributed by atoms with Crippen LogP contribution in [0.1, 0.15) is 12.0 Å². The maximum Gasteiger partial charge on any atom is 0.237 e. The van der Waals surface area contributed by atoms with Gasteiger partial charge in [-0.25, -0.2) is 31.6 Å². The van der Waals surface area contributed by atoms with Gasteiger partial charge >= 0.3 is 0 Å². The van der Waals surface area contributed by atoms with E-state index in [1.54, 1.807) is 54.7 Å². The Kier molecular flexibility index (Phi) is 6.98. The molecule has 3 N–H and O–H groups in total. The van der Waals surface area contributed by atoms with Crippen molar-refractivity contribution in [3.05, 3.63) is 84.1 Å². The van der Waals surface area contributed by atoms with E-state index in [1.807, 2.05) is 4.72 Å². The van der Waals surface area contributed by atoms with Crippen molar-refractivity contribution in [2.24, 2.45) is 0 Å². The molecule has 1 aromatic heterocycles. The van der Waals surface area contributed by atoms with Crippen LogP contribution in [0.3, 0.4) is 0 Å². The van der Waals surface area contributed by atoms with Crippen LogP contribution >= 0.6 is 0 Å². The van der Waals surface area contributed by atoms with E-state index in [0.29, 0.717) is 47.5 Å². The molecule has 2 atom stereocenters. The molecule has 4 aromatic rings. The summed E-state index contributed by atoms with van der Waals surface area (Å²) in [5.74, 6) is -2.11. The number of nitrogens with one attached hydrogen (secondary N) is 3. The van der Waals surface area contributed by atoms with Crippen molar-refractivity contribution in [2.75, 3.05) is 23.1 Å². The summed E-state index contributed by atoms with van der Waals surface area (Å²) in [6.45, 7) is 0.942. The Morgan fingerprint density at radius 2 is 1.73 bits per heavy atom. The summed E-state index contributed by atoms with van der Waals surface area (Å²) in [5, 5.41) is 6.78. The number of alkyl halides is 1. The molecule has 11 heteroatoms. The number of halogens is 3. The summed E-state index contributed by atoms with van der Waals surface area (Å²) >= 11 is 0. The first kappa shape index (κ1) is 25.0. The SMILES string of the molecule is O=S(=O)(Cc1ccccc1)Nc1c(F)cc(-c2ccc3nc(NC4CNC[C@@H](F)C4)ncc3c2)cc1F. The number of fused-ring (bicyclic) bond motifs is 1. The number of benzene rings is 3. The number of rotatable bonds is 7. The summed E-state index contributed by atoms with van der Waals surface area (Å²) in [6, 6.07) is 15.4. The molecule has 1 aliphatic heterocycles. The summed E-state index contributed by atoms with van der Waals surface area (Å²) in [4.78, 5) is 8.74. The average molecular weight is 528 g/mol. The summed E-state index contributed by atoms with van der Waals surface area (Å²) < 4.78 is 70.3. The molecule has 0 spiro atoms. The zero-order chi connectivity index (χ0) is 26.0. The maximum absolute atomic E-state index is 14.9. The first-order chi connectivity index (χ1) is 17.8. The predicted molar refractivity (Wildman–Crippen MR) is 137 cm³/mol. The van der Waals surface area contributed by atoms with Crippen molar-refractivity contribution in [3.63, 3.8) is 0 Å². The highest BCUT2D eigenvalue weighted by atomic mass is 32.2. The first-order valence-electron chi connectivity index (χ1n) is 11.7. The van der Waals surface area contributed by atoms with Gasteiger partial charge in [-0.15, -0.1) is 0 Å². The Morgan fingerprint density at radius 3 is 2.46 bits per heavy atom. The van der Waals surface area contributed by atoms with Gasteiger partial charge in [0.25, 0.3) is 0 Å². The van der Waals surface area contributed by atoms with Crippen LogP contribution in [-0.2, 0) is 15.8 Å². The van der Waals surface area contributed by atoms with Crippen LogP contribution in [0.15, 0.2) is 66.9 Å². The molecule has 0 radical (unpaired) electrons. The minimum absolute atomic E-state index is 0.130. The fourth-order valence-electron chi connectivity index (χ4n) is 4.29. The first-order valence-corrected chi connectivity index (χ1v) is 13.3. The minimum atomic E-state index is -4.03. The summed E-state index contributed by atoms with van der Waals surface area (Å²) in [5.41, 5.74) is 1.10. The Morgan fingerprint density at radius 1 is 0.973 bits per heavy atom. The molecule has 0 aliphatic carbocycles. The van der Waals surface area contributed by atoms with E-state index in [-0.39, 0.29) is 11.6 Å². The van der Waals surface area contributed by atoms with Crippen LogP contribution in [-0.4, -0.2) is 43.7 Å². The molecular formula is C26H24F3N5O2S. The van der Waals surface area contributed by atoms with E-state index in [4.69, 9.17) is 0 Å². The highest BCUT2D eigenvalue weighted by Crippen LogP contribution is 2.30. The lowest BCUT2D eigenvalue weighted by Crippen LogP contribution is -2.44. The van der Waals surface area contributed by atoms with E-state index in [9.17, 15) is 21.6 Å². The van der Waals surface area contributed by atoms with E-state index in [1.165, 1.54) is 0 Å². The van der Waals surface area contributed by atoms with Crippen LogP contribution < -0.4 is 15.4 Å². The quantitative estimate of drug-likeness (QED) is 0.324. The third-order valence-electron chi connectivity index (χ3n) is 6.04. The Hall–Kier alpha value is -3.70. The Bertz CT molecular complexity index is 1510. The number of anilines is 2. The van der Waals surface area contributed by atoms with Gasteiger partial charge in [0.1, 0.15) is 11.9 Å². The van der Waals surface area contributed by atoms with Gasteiger partial charge in [0.15, 0.2) is 11.6 Å². The highest BCUT2D eigenvalue weighted by Gasteiger charge is 2.22. The predicted octanol–water partition coefficient (Wildman–Crippen LogP) is 4.63. The number of sulfonamides is 1. The third kappa shape index (κ3) is 6.00. The van der Waals surface area contributed by atoms with Crippen molar-refractivity contribution in [1.29, 1.82) is 0 Å². The molecule has 2 heterocycles. The molecule has 1 unspecified atom stereocenters. The van der Waals surface area contributed by atoms with Gasteiger partial charge in [0.2, 0.25) is 16.0 Å². The molecule has 7 nitrogen and oxygen atoms in total. The lowest BCUT2D eigenvalue weighted by Gasteiger charge is -2.26. The zero-order valence-electron chi connectivity index (χ0n) is 19.6. The van der Waals surface area contributed by atoms with Crippen molar-refractivity contribution in [2.45, 2.75) is 24.4 Å². The molecule has 0 bridgehead atoms. The molecule has 3 aromatic carbocycles. The van der Waals surface area contributed by atoms with Crippen molar-refractivity contribution in [3.8, 4) is 11.1 Å². The van der Waals surface area contributed by atoms with Gasteiger partial charge in [-0.3, -0.25) is 4.72 Å². The monoisotopic (exact) mass is 527 g/mol. The fourth-order valence-corrected chi connectivity index (χ4v) is 5.50. The molecule has 0 saturated carbocycles. The van der Waals surface area contributed by atoms with Gasteiger partial charge in [-0.1, -0.05) is 36.4 Å². The van der Waals surface area contributed by atoms with Crippen LogP contribution in [0.4, 0.5) is 24.8 Å². The molecule has 5 rings (SSSR count). The fraction of sp³-hybridized carbons (Fsp3) is 0.231. The van der Waals surface area contributed by atoms with Crippen LogP contribution in [0.25, 0.3) is 22.0 Å². The van der Waals surface area contributed by atoms with Crippen molar-refractivity contribution >= 4 is 32.6 Å². The Labute approximate surface area is 212 Å². The van der Waals surface area contributed by atoms with Crippen LogP contribution in [0.5, 0.6) is 0 Å². The van der Waals surface area contributed by atoms with E-state index in [2.05, 4.69) is 20.6 Å². The van der Waals surface area contributed by atoms with Gasteiger partial charge in [0, 0.05) is 37.1 Å². The molecule has 1 aliphatic rings. The molecular weight excluding hydrogens is 503 g/mol. The second kappa shape index (κ2) is 10.3. The molecule has 0 amide bonds. The lowest BCUT2D eigenvalue weighted by atomic mass is 10.0. The largest absolute Gasteiger partial charge is 0.350 e. The van der Waals surface area contributed by atoms with Crippen LogP contribution in [0.2, 0.25) is 0 Å².